The molecule has 102 valence electrons. The Kier molecular flexibility index (Phi) is 3.06. The molecule has 4 nitrogen and oxygen atoms in total. The summed E-state index contributed by atoms with van der Waals surface area (Å²) in [7, 11) is 1.76. The Balaban J connectivity index is 1.99. The van der Waals surface area contributed by atoms with E-state index < -0.39 is 11.6 Å². The van der Waals surface area contributed by atoms with Gasteiger partial charge in [-0.1, -0.05) is 6.07 Å². The van der Waals surface area contributed by atoms with Crippen LogP contribution in [0.25, 0.3) is 11.2 Å². The summed E-state index contributed by atoms with van der Waals surface area (Å²) in [5, 5.41) is 2.91. The first kappa shape index (κ1) is 12.5. The van der Waals surface area contributed by atoms with Gasteiger partial charge in [-0.3, -0.25) is 0 Å². The van der Waals surface area contributed by atoms with Gasteiger partial charge in [-0.25, -0.2) is 18.7 Å². The maximum absolute atomic E-state index is 13.6. The van der Waals surface area contributed by atoms with E-state index in [0.717, 1.165) is 5.52 Å². The van der Waals surface area contributed by atoms with E-state index in [0.29, 0.717) is 17.3 Å². The Morgan fingerprint density at radius 2 is 1.85 bits per heavy atom. The zero-order valence-corrected chi connectivity index (χ0v) is 10.7. The number of anilines is 1. The molecule has 2 N–H and O–H groups in total. The molecule has 0 saturated heterocycles. The predicted octanol–water partition coefficient (Wildman–Crippen LogP) is 2.87. The number of fused-ring (bicyclic) bond motifs is 1. The number of hydrogen-bond donors (Lipinski definition) is 2. The number of aromatic amines is 1. The lowest BCUT2D eigenvalue weighted by Crippen LogP contribution is -1.98. The first-order valence-electron chi connectivity index (χ1n) is 6.13. The van der Waals surface area contributed by atoms with Crippen LogP contribution in [0.5, 0.6) is 0 Å². The Bertz CT molecular complexity index is 747. The van der Waals surface area contributed by atoms with Crippen LogP contribution in [-0.2, 0) is 6.42 Å². The molecular weight excluding hydrogens is 262 g/mol. The number of aromatic nitrogens is 3. The van der Waals surface area contributed by atoms with Crippen LogP contribution in [0.15, 0.2) is 30.3 Å². The Morgan fingerprint density at radius 3 is 2.55 bits per heavy atom. The molecule has 0 spiro atoms. The first-order valence-corrected chi connectivity index (χ1v) is 6.13. The smallest absolute Gasteiger partial charge is 0.179 e. The van der Waals surface area contributed by atoms with E-state index in [1.807, 2.05) is 6.07 Å². The number of rotatable bonds is 3. The summed E-state index contributed by atoms with van der Waals surface area (Å²) < 4.78 is 27.2. The van der Waals surface area contributed by atoms with E-state index in [1.54, 1.807) is 13.1 Å². The summed E-state index contributed by atoms with van der Waals surface area (Å²) in [6.07, 6.45) is 0.0593. The molecule has 0 aliphatic rings. The average molecular weight is 274 g/mol. The Labute approximate surface area is 113 Å². The zero-order valence-electron chi connectivity index (χ0n) is 10.7. The van der Waals surface area contributed by atoms with E-state index >= 15 is 0 Å². The molecule has 2 heterocycles. The molecule has 3 rings (SSSR count). The largest absolute Gasteiger partial charge is 0.373 e. The first-order chi connectivity index (χ1) is 9.67. The van der Waals surface area contributed by atoms with E-state index in [-0.39, 0.29) is 12.0 Å². The van der Waals surface area contributed by atoms with Crippen LogP contribution < -0.4 is 5.32 Å². The molecule has 0 bridgehead atoms. The number of nitrogens with zero attached hydrogens (tertiary/aromatic N) is 2. The molecule has 0 amide bonds. The minimum atomic E-state index is -0.575. The number of nitrogens with one attached hydrogen (secondary N) is 2. The molecule has 0 aliphatic heterocycles. The molecule has 3 aromatic rings. The lowest BCUT2D eigenvalue weighted by Gasteiger charge is -2.01. The fraction of sp³-hybridized carbons (Fsp3) is 0.143. The average Bonchev–Trinajstić information content (AvgIpc) is 2.84. The summed E-state index contributed by atoms with van der Waals surface area (Å²) in [6.45, 7) is 0. The third kappa shape index (κ3) is 2.20. The quantitative estimate of drug-likeness (QED) is 0.772. The summed E-state index contributed by atoms with van der Waals surface area (Å²) in [5.41, 5.74) is 1.25. The van der Waals surface area contributed by atoms with Crippen molar-refractivity contribution in [2.75, 3.05) is 12.4 Å². The van der Waals surface area contributed by atoms with Gasteiger partial charge in [0.25, 0.3) is 0 Å². The van der Waals surface area contributed by atoms with E-state index in [2.05, 4.69) is 20.3 Å². The van der Waals surface area contributed by atoms with Crippen molar-refractivity contribution >= 4 is 17.0 Å². The van der Waals surface area contributed by atoms with Crippen molar-refractivity contribution in [2.45, 2.75) is 6.42 Å². The van der Waals surface area contributed by atoms with Gasteiger partial charge < -0.3 is 10.3 Å². The molecule has 0 radical (unpaired) electrons. The molecule has 1 aromatic carbocycles. The van der Waals surface area contributed by atoms with Crippen molar-refractivity contribution in [3.63, 3.8) is 0 Å². The van der Waals surface area contributed by atoms with Gasteiger partial charge in [0.05, 0.1) is 5.52 Å². The number of benzene rings is 1. The second kappa shape index (κ2) is 4.88. The molecule has 2 aromatic heterocycles. The van der Waals surface area contributed by atoms with Gasteiger partial charge >= 0.3 is 0 Å². The van der Waals surface area contributed by atoms with E-state index in [9.17, 15) is 8.78 Å². The van der Waals surface area contributed by atoms with Crippen molar-refractivity contribution in [1.29, 1.82) is 0 Å². The lowest BCUT2D eigenvalue weighted by molar-refractivity contribution is 0.559. The fourth-order valence-corrected chi connectivity index (χ4v) is 2.03. The van der Waals surface area contributed by atoms with Crippen LogP contribution in [0.4, 0.5) is 14.6 Å². The van der Waals surface area contributed by atoms with Gasteiger partial charge in [-0.2, -0.15) is 0 Å². The second-order valence-corrected chi connectivity index (χ2v) is 4.38. The van der Waals surface area contributed by atoms with Gasteiger partial charge in [-0.05, 0) is 24.3 Å². The number of pyridine rings is 1. The molecule has 6 heteroatoms. The minimum absolute atomic E-state index is 0.000367. The SMILES string of the molecule is CNc1ccc2[nH]c(Cc3c(F)cccc3F)nc2n1. The molecule has 0 aliphatic carbocycles. The highest BCUT2D eigenvalue weighted by atomic mass is 19.1. The fourth-order valence-electron chi connectivity index (χ4n) is 2.03. The van der Waals surface area contributed by atoms with E-state index in [4.69, 9.17) is 0 Å². The van der Waals surface area contributed by atoms with Gasteiger partial charge in [0.15, 0.2) is 5.65 Å². The number of H-pyrrole nitrogens is 1. The summed E-state index contributed by atoms with van der Waals surface area (Å²) >= 11 is 0. The monoisotopic (exact) mass is 274 g/mol. The molecule has 0 unspecified atom stereocenters. The van der Waals surface area contributed by atoms with Crippen LogP contribution in [0, 0.1) is 11.6 Å². The third-order valence-corrected chi connectivity index (χ3v) is 3.06. The lowest BCUT2D eigenvalue weighted by atomic mass is 10.1. The van der Waals surface area contributed by atoms with Gasteiger partial charge in [0.1, 0.15) is 23.3 Å². The summed E-state index contributed by atoms with van der Waals surface area (Å²) in [4.78, 5) is 11.5. The standard InChI is InChI=1S/C14H12F2N4/c1-17-12-6-5-11-14(19-12)20-13(18-11)7-8-9(15)3-2-4-10(8)16/h2-6H,7H2,1H3,(H2,17,18,19,20). The van der Waals surface area contributed by atoms with Crippen molar-refractivity contribution in [1.82, 2.24) is 15.0 Å². The van der Waals surface area contributed by atoms with Crippen molar-refractivity contribution in [3.05, 3.63) is 53.4 Å². The van der Waals surface area contributed by atoms with E-state index in [1.165, 1.54) is 18.2 Å². The van der Waals surface area contributed by atoms with Gasteiger partial charge in [0, 0.05) is 19.0 Å². The highest BCUT2D eigenvalue weighted by molar-refractivity contribution is 5.72. The maximum atomic E-state index is 13.6. The van der Waals surface area contributed by atoms with Crippen LogP contribution in [0.3, 0.4) is 0 Å². The van der Waals surface area contributed by atoms with Crippen LogP contribution in [0.1, 0.15) is 11.4 Å². The summed E-state index contributed by atoms with van der Waals surface area (Å²) in [6, 6.07) is 7.43. The third-order valence-electron chi connectivity index (χ3n) is 3.06. The summed E-state index contributed by atoms with van der Waals surface area (Å²) in [5.74, 6) is 0.0148. The van der Waals surface area contributed by atoms with Crippen LogP contribution in [0.2, 0.25) is 0 Å². The highest BCUT2D eigenvalue weighted by Crippen LogP contribution is 2.18. The molecule has 20 heavy (non-hydrogen) atoms. The molecule has 0 atom stereocenters. The van der Waals surface area contributed by atoms with Crippen LogP contribution >= 0.6 is 0 Å². The van der Waals surface area contributed by atoms with Crippen molar-refractivity contribution < 1.29 is 8.78 Å². The van der Waals surface area contributed by atoms with Crippen molar-refractivity contribution in [2.24, 2.45) is 0 Å². The topological polar surface area (TPSA) is 53.6 Å². The maximum Gasteiger partial charge on any atom is 0.179 e. The normalized spacial score (nSPS) is 10.9. The highest BCUT2D eigenvalue weighted by Gasteiger charge is 2.12. The van der Waals surface area contributed by atoms with Crippen molar-refractivity contribution in [3.8, 4) is 0 Å². The number of hydrogen-bond acceptors (Lipinski definition) is 3. The van der Waals surface area contributed by atoms with Crippen LogP contribution in [-0.4, -0.2) is 22.0 Å². The zero-order chi connectivity index (χ0) is 14.1. The Hall–Kier alpha value is -2.50. The Morgan fingerprint density at radius 1 is 1.10 bits per heavy atom. The van der Waals surface area contributed by atoms with Gasteiger partial charge in [-0.15, -0.1) is 0 Å². The number of imidazole rings is 1. The molecule has 0 fully saturated rings. The molecule has 0 saturated carbocycles. The minimum Gasteiger partial charge on any atom is -0.373 e. The van der Waals surface area contributed by atoms with Gasteiger partial charge in [0.2, 0.25) is 0 Å². The predicted molar refractivity (Wildman–Crippen MR) is 72.6 cm³/mol. The number of halogens is 2. The second-order valence-electron chi connectivity index (χ2n) is 4.38. The molecular formula is C14H12F2N4.